The van der Waals surface area contributed by atoms with Crippen molar-refractivity contribution >= 4 is 17.3 Å². The second-order valence-electron chi connectivity index (χ2n) is 4.37. The average Bonchev–Trinajstić information content (AvgIpc) is 3.11. The van der Waals surface area contributed by atoms with Gasteiger partial charge in [-0.05, 0) is 23.6 Å². The van der Waals surface area contributed by atoms with E-state index in [0.717, 1.165) is 16.3 Å². The monoisotopic (exact) mass is 283 g/mol. The van der Waals surface area contributed by atoms with Gasteiger partial charge in [-0.3, -0.25) is 0 Å². The van der Waals surface area contributed by atoms with Crippen LogP contribution >= 0.6 is 11.3 Å². The van der Waals surface area contributed by atoms with Crippen LogP contribution in [0.4, 0.5) is 0 Å². The zero-order valence-electron chi connectivity index (χ0n) is 10.3. The zero-order valence-corrected chi connectivity index (χ0v) is 11.1. The molecular formula is C14H9N3O2S. The number of rotatable bonds is 1. The van der Waals surface area contributed by atoms with Crippen LogP contribution in [0.1, 0.15) is 16.1 Å². The number of carbonyl (C=O) groups excluding carboxylic acids is 1. The van der Waals surface area contributed by atoms with Gasteiger partial charge in [0, 0.05) is 0 Å². The maximum absolute atomic E-state index is 12.0. The van der Waals surface area contributed by atoms with Gasteiger partial charge in [0.25, 0.3) is 0 Å². The molecule has 98 valence electrons. The number of fused-ring (bicyclic) bond motifs is 3. The molecule has 0 N–H and O–H groups in total. The predicted molar refractivity (Wildman–Crippen MR) is 73.8 cm³/mol. The molecule has 0 saturated carbocycles. The van der Waals surface area contributed by atoms with E-state index < -0.39 is 0 Å². The Balaban J connectivity index is 1.96. The van der Waals surface area contributed by atoms with Gasteiger partial charge in [-0.15, -0.1) is 16.4 Å². The zero-order chi connectivity index (χ0) is 13.5. The van der Waals surface area contributed by atoms with Crippen molar-refractivity contribution in [1.82, 2.24) is 15.0 Å². The summed E-state index contributed by atoms with van der Waals surface area (Å²) in [5.74, 6) is -0.330. The third kappa shape index (κ3) is 1.58. The van der Waals surface area contributed by atoms with E-state index in [1.807, 2.05) is 35.7 Å². The van der Waals surface area contributed by atoms with E-state index in [2.05, 4.69) is 10.3 Å². The van der Waals surface area contributed by atoms with Gasteiger partial charge in [0.2, 0.25) is 0 Å². The number of carbonyl (C=O) groups is 1. The molecule has 0 atom stereocenters. The van der Waals surface area contributed by atoms with E-state index in [1.165, 1.54) is 0 Å². The van der Waals surface area contributed by atoms with Gasteiger partial charge in [-0.25, -0.2) is 9.48 Å². The number of nitrogens with zero attached hydrogens (tertiary/aromatic N) is 3. The van der Waals surface area contributed by atoms with Crippen molar-refractivity contribution < 1.29 is 9.53 Å². The minimum absolute atomic E-state index is 0.174. The standard InChI is InChI=1S/C14H9N3O2S/c18-14-9-4-1-2-5-10(9)17-11(8-19-14)13(15-16-17)12-6-3-7-20-12/h1-7H,8H2. The first-order valence-corrected chi connectivity index (χ1v) is 6.97. The van der Waals surface area contributed by atoms with E-state index in [-0.39, 0.29) is 12.6 Å². The molecule has 4 rings (SSSR count). The number of hydrogen-bond acceptors (Lipinski definition) is 5. The van der Waals surface area contributed by atoms with E-state index in [0.29, 0.717) is 11.3 Å². The fourth-order valence-corrected chi connectivity index (χ4v) is 3.00. The lowest BCUT2D eigenvalue weighted by molar-refractivity contribution is 0.0476. The number of ether oxygens (including phenoxy) is 1. The second kappa shape index (κ2) is 4.28. The highest BCUT2D eigenvalue weighted by atomic mass is 32.1. The number of hydrogen-bond donors (Lipinski definition) is 0. The number of cyclic esters (lactones) is 1. The molecule has 1 aliphatic rings. The van der Waals surface area contributed by atoms with Crippen LogP contribution in [-0.4, -0.2) is 21.0 Å². The minimum atomic E-state index is -0.330. The summed E-state index contributed by atoms with van der Waals surface area (Å²) in [6.45, 7) is 0.174. The first kappa shape index (κ1) is 11.4. The molecule has 20 heavy (non-hydrogen) atoms. The van der Waals surface area contributed by atoms with Crippen molar-refractivity contribution in [2.24, 2.45) is 0 Å². The van der Waals surface area contributed by atoms with Crippen molar-refractivity contribution in [3.05, 3.63) is 53.0 Å². The summed E-state index contributed by atoms with van der Waals surface area (Å²) < 4.78 is 7.01. The highest BCUT2D eigenvalue weighted by molar-refractivity contribution is 7.13. The van der Waals surface area contributed by atoms with Gasteiger partial charge < -0.3 is 4.74 Å². The number of esters is 1. The van der Waals surface area contributed by atoms with Crippen molar-refractivity contribution in [2.75, 3.05) is 0 Å². The van der Waals surface area contributed by atoms with Crippen LogP contribution < -0.4 is 0 Å². The minimum Gasteiger partial charge on any atom is -0.455 e. The molecule has 0 radical (unpaired) electrons. The second-order valence-corrected chi connectivity index (χ2v) is 5.31. The topological polar surface area (TPSA) is 57.0 Å². The van der Waals surface area contributed by atoms with E-state index >= 15 is 0 Å². The van der Waals surface area contributed by atoms with Crippen molar-refractivity contribution in [2.45, 2.75) is 6.61 Å². The maximum atomic E-state index is 12.0. The molecule has 1 aromatic carbocycles. The number of thiophene rings is 1. The predicted octanol–water partition coefficient (Wildman–Crippen LogP) is 2.67. The summed E-state index contributed by atoms with van der Waals surface area (Å²) in [5, 5.41) is 10.4. The van der Waals surface area contributed by atoms with Gasteiger partial charge in [0.05, 0.1) is 16.1 Å². The lowest BCUT2D eigenvalue weighted by Crippen LogP contribution is -2.04. The lowest BCUT2D eigenvalue weighted by atomic mass is 10.2. The highest BCUT2D eigenvalue weighted by Crippen LogP contribution is 2.30. The summed E-state index contributed by atoms with van der Waals surface area (Å²) in [6.07, 6.45) is 0. The summed E-state index contributed by atoms with van der Waals surface area (Å²) in [6, 6.07) is 11.2. The molecule has 0 aliphatic carbocycles. The Hall–Kier alpha value is -2.47. The fourth-order valence-electron chi connectivity index (χ4n) is 2.27. The SMILES string of the molecule is O=C1OCc2c(-c3cccs3)nnn2-c2ccccc21. The van der Waals surface area contributed by atoms with Crippen LogP contribution in [0.5, 0.6) is 0 Å². The normalized spacial score (nSPS) is 13.3. The summed E-state index contributed by atoms with van der Waals surface area (Å²) in [7, 11) is 0. The molecule has 3 aromatic rings. The third-order valence-electron chi connectivity index (χ3n) is 3.21. The number of aromatic nitrogens is 3. The van der Waals surface area contributed by atoms with E-state index in [9.17, 15) is 4.79 Å². The Morgan fingerprint density at radius 1 is 1.20 bits per heavy atom. The quantitative estimate of drug-likeness (QED) is 0.644. The Bertz CT molecular complexity index is 793. The Labute approximate surface area is 118 Å². The first-order valence-electron chi connectivity index (χ1n) is 6.09. The molecule has 0 amide bonds. The molecule has 0 spiro atoms. The van der Waals surface area contributed by atoms with Crippen LogP contribution in [0.2, 0.25) is 0 Å². The molecule has 6 heteroatoms. The van der Waals surface area contributed by atoms with Crippen LogP contribution in [0.3, 0.4) is 0 Å². The summed E-state index contributed by atoms with van der Waals surface area (Å²) in [4.78, 5) is 13.0. The average molecular weight is 283 g/mol. The van der Waals surface area contributed by atoms with Gasteiger partial charge in [-0.2, -0.15) is 0 Å². The molecule has 5 nitrogen and oxygen atoms in total. The molecule has 0 saturated heterocycles. The Kier molecular flexibility index (Phi) is 2.43. The van der Waals surface area contributed by atoms with Crippen molar-refractivity contribution in [3.8, 4) is 16.3 Å². The highest BCUT2D eigenvalue weighted by Gasteiger charge is 2.25. The first-order chi connectivity index (χ1) is 9.84. The molecule has 0 bridgehead atoms. The summed E-state index contributed by atoms with van der Waals surface area (Å²) >= 11 is 1.59. The molecule has 2 aromatic heterocycles. The molecule has 0 unspecified atom stereocenters. The Morgan fingerprint density at radius 2 is 2.10 bits per heavy atom. The smallest absolute Gasteiger partial charge is 0.340 e. The van der Waals surface area contributed by atoms with Gasteiger partial charge >= 0.3 is 5.97 Å². The largest absolute Gasteiger partial charge is 0.455 e. The fraction of sp³-hybridized carbons (Fsp3) is 0.0714. The van der Waals surface area contributed by atoms with E-state index in [1.54, 1.807) is 22.1 Å². The number of para-hydroxylation sites is 1. The van der Waals surface area contributed by atoms with Gasteiger partial charge in [0.1, 0.15) is 18.0 Å². The molecule has 1 aliphatic heterocycles. The molecule has 0 fully saturated rings. The maximum Gasteiger partial charge on any atom is 0.340 e. The van der Waals surface area contributed by atoms with Crippen LogP contribution in [0.15, 0.2) is 41.8 Å². The van der Waals surface area contributed by atoms with E-state index in [4.69, 9.17) is 4.74 Å². The number of benzene rings is 1. The van der Waals surface area contributed by atoms with Crippen molar-refractivity contribution in [1.29, 1.82) is 0 Å². The van der Waals surface area contributed by atoms with Crippen LogP contribution in [0.25, 0.3) is 16.3 Å². The van der Waals surface area contributed by atoms with Crippen LogP contribution in [0, 0.1) is 0 Å². The molecule has 3 heterocycles. The third-order valence-corrected chi connectivity index (χ3v) is 4.09. The lowest BCUT2D eigenvalue weighted by Gasteiger charge is -2.03. The Morgan fingerprint density at radius 3 is 2.95 bits per heavy atom. The van der Waals surface area contributed by atoms with Crippen molar-refractivity contribution in [3.63, 3.8) is 0 Å². The van der Waals surface area contributed by atoms with Crippen LogP contribution in [-0.2, 0) is 11.3 Å². The van der Waals surface area contributed by atoms with Gasteiger partial charge in [0.15, 0.2) is 0 Å². The molecular weight excluding hydrogens is 274 g/mol. The summed E-state index contributed by atoms with van der Waals surface area (Å²) in [5.41, 5.74) is 2.78. The van der Waals surface area contributed by atoms with Gasteiger partial charge in [-0.1, -0.05) is 23.4 Å².